The lowest BCUT2D eigenvalue weighted by Gasteiger charge is -2.15. The molecule has 1 aliphatic rings. The van der Waals surface area contributed by atoms with Gasteiger partial charge in [0.05, 0.1) is 17.4 Å². The molecule has 4 aromatic rings. The molecule has 1 unspecified atom stereocenters. The Hall–Kier alpha value is -3.22. The minimum absolute atomic E-state index is 0.117. The second kappa shape index (κ2) is 5.90. The maximum absolute atomic E-state index is 10.4. The number of hydrogen-bond acceptors (Lipinski definition) is 7. The predicted octanol–water partition coefficient (Wildman–Crippen LogP) is 3.69. The number of fused-ring (bicyclic) bond motifs is 2. The van der Waals surface area contributed by atoms with Gasteiger partial charge in [-0.3, -0.25) is 0 Å². The summed E-state index contributed by atoms with van der Waals surface area (Å²) in [6.07, 6.45) is 2.92. The van der Waals surface area contributed by atoms with Gasteiger partial charge in [-0.05, 0) is 30.5 Å². The van der Waals surface area contributed by atoms with Gasteiger partial charge in [0, 0.05) is 31.6 Å². The van der Waals surface area contributed by atoms with Gasteiger partial charge in [-0.2, -0.15) is 0 Å². The molecule has 3 aromatic heterocycles. The third-order valence-electron chi connectivity index (χ3n) is 5.02. The topological polar surface area (TPSA) is 88.2 Å². The molecule has 0 bridgehead atoms. The van der Waals surface area contributed by atoms with E-state index in [-0.39, 0.29) is 5.75 Å². The number of nitrogens with zero attached hydrogens (tertiary/aromatic N) is 5. The van der Waals surface area contributed by atoms with Crippen molar-refractivity contribution in [2.24, 2.45) is 5.92 Å². The van der Waals surface area contributed by atoms with Crippen molar-refractivity contribution in [1.82, 2.24) is 19.9 Å². The van der Waals surface area contributed by atoms with Crippen molar-refractivity contribution in [1.29, 1.82) is 0 Å². The Kier molecular flexibility index (Phi) is 3.50. The molecule has 1 N–H and O–H groups in total. The molecule has 1 atom stereocenters. The number of benzene rings is 1. The highest BCUT2D eigenvalue weighted by Gasteiger charge is 2.21. The summed E-state index contributed by atoms with van der Waals surface area (Å²) in [5.74, 6) is 2.10. The minimum Gasteiger partial charge on any atom is -0.507 e. The number of anilines is 1. The highest BCUT2D eigenvalue weighted by molar-refractivity contribution is 5.86. The molecule has 1 fully saturated rings. The second-order valence-corrected chi connectivity index (χ2v) is 7.18. The smallest absolute Gasteiger partial charge is 0.225 e. The first-order chi connectivity index (χ1) is 13.1. The van der Waals surface area contributed by atoms with Crippen LogP contribution >= 0.6 is 0 Å². The summed E-state index contributed by atoms with van der Waals surface area (Å²) in [5, 5.41) is 10.4. The lowest BCUT2D eigenvalue weighted by Crippen LogP contribution is -2.21. The quantitative estimate of drug-likeness (QED) is 0.582. The van der Waals surface area contributed by atoms with Gasteiger partial charge in [-0.15, -0.1) is 0 Å². The summed E-state index contributed by atoms with van der Waals surface area (Å²) in [4.78, 5) is 20.2. The van der Waals surface area contributed by atoms with Crippen LogP contribution in [0.3, 0.4) is 0 Å². The molecule has 0 spiro atoms. The molecule has 7 heteroatoms. The SMILES string of the molecule is Cc1nc2cc(O)c(-c3ccc4nc(N5CCC(C)C5)ncc4n3)cc2o1. The molecule has 0 radical (unpaired) electrons. The van der Waals surface area contributed by atoms with Gasteiger partial charge >= 0.3 is 0 Å². The number of aromatic hydroxyl groups is 1. The van der Waals surface area contributed by atoms with Crippen molar-refractivity contribution in [2.75, 3.05) is 18.0 Å². The van der Waals surface area contributed by atoms with Crippen LogP contribution in [0.4, 0.5) is 5.95 Å². The zero-order valence-corrected chi connectivity index (χ0v) is 15.2. The minimum atomic E-state index is 0.117. The average molecular weight is 361 g/mol. The number of oxazole rings is 1. The zero-order valence-electron chi connectivity index (χ0n) is 15.2. The van der Waals surface area contributed by atoms with Crippen molar-refractivity contribution in [3.8, 4) is 17.0 Å². The lowest BCUT2D eigenvalue weighted by molar-refractivity contribution is 0.477. The van der Waals surface area contributed by atoms with E-state index in [2.05, 4.69) is 31.8 Å². The van der Waals surface area contributed by atoms with Crippen LogP contribution in [-0.2, 0) is 0 Å². The summed E-state index contributed by atoms with van der Waals surface area (Å²) in [6, 6.07) is 7.13. The number of pyridine rings is 1. The van der Waals surface area contributed by atoms with Crippen molar-refractivity contribution < 1.29 is 9.52 Å². The van der Waals surface area contributed by atoms with Crippen molar-refractivity contribution in [2.45, 2.75) is 20.3 Å². The lowest BCUT2D eigenvalue weighted by atomic mass is 10.1. The number of phenolic OH excluding ortho intramolecular Hbond substituents is 1. The largest absolute Gasteiger partial charge is 0.507 e. The van der Waals surface area contributed by atoms with E-state index in [4.69, 9.17) is 4.42 Å². The molecular weight excluding hydrogens is 342 g/mol. The van der Waals surface area contributed by atoms with Crippen molar-refractivity contribution in [3.05, 3.63) is 36.4 Å². The van der Waals surface area contributed by atoms with E-state index in [1.54, 1.807) is 25.3 Å². The monoisotopic (exact) mass is 361 g/mol. The summed E-state index contributed by atoms with van der Waals surface area (Å²) in [5.41, 5.74) is 3.97. The standard InChI is InChI=1S/C20H19N5O2/c1-11-5-6-25(10-11)20-21-9-17-15(24-20)4-3-14(23-17)13-7-19-16(8-18(13)26)22-12(2)27-19/h3-4,7-9,11,26H,5-6,10H2,1-2H3. The van der Waals surface area contributed by atoms with Crippen LogP contribution in [-0.4, -0.2) is 38.1 Å². The average Bonchev–Trinajstić information content (AvgIpc) is 3.24. The molecule has 0 amide bonds. The highest BCUT2D eigenvalue weighted by atomic mass is 16.3. The summed E-state index contributed by atoms with van der Waals surface area (Å²) < 4.78 is 5.57. The van der Waals surface area contributed by atoms with E-state index in [1.165, 1.54) is 6.42 Å². The van der Waals surface area contributed by atoms with Gasteiger partial charge in [0.1, 0.15) is 16.8 Å². The van der Waals surface area contributed by atoms with Crippen LogP contribution in [0.15, 0.2) is 34.9 Å². The Morgan fingerprint density at radius 1 is 1.11 bits per heavy atom. The van der Waals surface area contributed by atoms with Crippen molar-refractivity contribution >= 4 is 28.1 Å². The van der Waals surface area contributed by atoms with Gasteiger partial charge in [-0.25, -0.2) is 19.9 Å². The fourth-order valence-electron chi connectivity index (χ4n) is 3.61. The molecule has 1 aliphatic heterocycles. The van der Waals surface area contributed by atoms with Crippen LogP contribution in [0.2, 0.25) is 0 Å². The highest BCUT2D eigenvalue weighted by Crippen LogP contribution is 2.33. The van der Waals surface area contributed by atoms with Gasteiger partial charge in [0.2, 0.25) is 5.95 Å². The molecule has 1 saturated heterocycles. The van der Waals surface area contributed by atoms with E-state index >= 15 is 0 Å². The van der Waals surface area contributed by atoms with Crippen LogP contribution in [0.25, 0.3) is 33.4 Å². The molecule has 1 aromatic carbocycles. The predicted molar refractivity (Wildman–Crippen MR) is 103 cm³/mol. The zero-order chi connectivity index (χ0) is 18.5. The molecule has 7 nitrogen and oxygen atoms in total. The molecular formula is C20H19N5O2. The van der Waals surface area contributed by atoms with Gasteiger partial charge in [0.15, 0.2) is 11.5 Å². The Labute approximate surface area is 155 Å². The first-order valence-electron chi connectivity index (χ1n) is 9.06. The number of hydrogen-bond donors (Lipinski definition) is 1. The van der Waals surface area contributed by atoms with E-state index in [9.17, 15) is 5.11 Å². The molecule has 27 heavy (non-hydrogen) atoms. The Morgan fingerprint density at radius 3 is 2.81 bits per heavy atom. The molecule has 136 valence electrons. The maximum atomic E-state index is 10.4. The van der Waals surface area contributed by atoms with Crippen LogP contribution < -0.4 is 4.90 Å². The fraction of sp³-hybridized carbons (Fsp3) is 0.300. The Balaban J connectivity index is 1.55. The third kappa shape index (κ3) is 2.75. The Morgan fingerprint density at radius 2 is 2.00 bits per heavy atom. The summed E-state index contributed by atoms with van der Waals surface area (Å²) in [7, 11) is 0. The van der Waals surface area contributed by atoms with Gasteiger partial charge < -0.3 is 14.4 Å². The first kappa shape index (κ1) is 16.0. The summed E-state index contributed by atoms with van der Waals surface area (Å²) >= 11 is 0. The normalized spacial score (nSPS) is 17.3. The number of aryl methyl sites for hydroxylation is 1. The molecule has 4 heterocycles. The molecule has 0 saturated carbocycles. The van der Waals surface area contributed by atoms with Crippen molar-refractivity contribution in [3.63, 3.8) is 0 Å². The van der Waals surface area contributed by atoms with Crippen LogP contribution in [0.1, 0.15) is 19.2 Å². The Bertz CT molecular complexity index is 1170. The fourth-order valence-corrected chi connectivity index (χ4v) is 3.61. The van der Waals surface area contributed by atoms with E-state index in [1.807, 2.05) is 12.1 Å². The maximum Gasteiger partial charge on any atom is 0.225 e. The van der Waals surface area contributed by atoms with Gasteiger partial charge in [-0.1, -0.05) is 6.92 Å². The second-order valence-electron chi connectivity index (χ2n) is 7.18. The summed E-state index contributed by atoms with van der Waals surface area (Å²) in [6.45, 7) is 6.00. The first-order valence-corrected chi connectivity index (χ1v) is 9.06. The van der Waals surface area contributed by atoms with Gasteiger partial charge in [0.25, 0.3) is 0 Å². The number of aromatic nitrogens is 4. The van der Waals surface area contributed by atoms with Crippen LogP contribution in [0.5, 0.6) is 5.75 Å². The van der Waals surface area contributed by atoms with E-state index < -0.39 is 0 Å². The number of rotatable bonds is 2. The van der Waals surface area contributed by atoms with E-state index in [0.717, 1.165) is 24.6 Å². The number of phenols is 1. The third-order valence-corrected chi connectivity index (χ3v) is 5.02. The van der Waals surface area contributed by atoms with Crippen LogP contribution in [0, 0.1) is 12.8 Å². The molecule has 5 rings (SSSR count). The molecule has 0 aliphatic carbocycles. The van der Waals surface area contributed by atoms with E-state index in [0.29, 0.717) is 39.7 Å².